The molecule has 5 nitrogen and oxygen atoms in total. The molecule has 14 aromatic rings. The highest BCUT2D eigenvalue weighted by atomic mass is 16.5. The Bertz CT molecular complexity index is 6140. The van der Waals surface area contributed by atoms with Crippen molar-refractivity contribution in [1.82, 2.24) is 14.1 Å². The summed E-state index contributed by atoms with van der Waals surface area (Å²) < 4.78 is 290. The molecule has 0 spiro atoms. The Morgan fingerprint density at radius 1 is 0.449 bits per heavy atom. The van der Waals surface area contributed by atoms with E-state index in [1.165, 1.54) is 15.2 Å². The van der Waals surface area contributed by atoms with Crippen molar-refractivity contribution < 1.29 is 51.8 Å². The van der Waals surface area contributed by atoms with Crippen molar-refractivity contribution in [3.8, 4) is 95.5 Å². The van der Waals surface area contributed by atoms with Gasteiger partial charge in [0.15, 0.2) is 0 Å². The standard InChI is InChI=1S/C73H50N4O/c1-50-40-72(74-48-67(50)55-30-15-6-16-31-55)77-68-35-18-17-34-63(68)64-39-38-62(47-71(64)77)78-61-33-21-32-60(46-61)75-49-76(70-37-20-19-36-69(70)75)73-65(54-28-13-5-14-29-54)44-58(53-26-11-4-12-27-53)45-66(73)59-42-56(51-22-7-2-8-23-51)41-57(43-59)52-24-9-3-10-25-52/h2-48H,1H3/i1D3,2D,3D,4D,5D,6D,7D,8D,9D,10D,11D,12D,13D,14D,15D,16D,22D,23D,24D,25D,26D,27D,28D,29D,30D,31D,41D,42D,43D. The van der Waals surface area contributed by atoms with Gasteiger partial charge in [0.1, 0.15) is 17.3 Å². The number of fused-ring (bicyclic) bond motifs is 4. The largest absolute Gasteiger partial charge is 0.458 e. The Morgan fingerprint density at radius 2 is 0.987 bits per heavy atom. The smallest absolute Gasteiger partial charge is 0.269 e. The van der Waals surface area contributed by atoms with E-state index in [0.717, 1.165) is 18.3 Å². The summed E-state index contributed by atoms with van der Waals surface area (Å²) in [7, 11) is 0. The minimum atomic E-state index is -2.91. The molecule has 0 aliphatic carbocycles. The molecule has 3 aromatic heterocycles. The van der Waals surface area contributed by atoms with E-state index in [2.05, 4.69) is 11.3 Å². The summed E-state index contributed by atoms with van der Waals surface area (Å²) in [6, 6.07) is 3.92. The number of nitrogens with zero attached hydrogens (tertiary/aromatic N) is 4. The first-order chi connectivity index (χ1) is 51.4. The van der Waals surface area contributed by atoms with E-state index in [4.69, 9.17) is 32.2 Å². The number of aryl methyl sites for hydroxylation is 1. The molecule has 0 unspecified atom stereocenters. The van der Waals surface area contributed by atoms with Gasteiger partial charge in [0.25, 0.3) is 6.33 Å². The van der Waals surface area contributed by atoms with Gasteiger partial charge in [-0.05, 0) is 146 Å². The number of aromatic nitrogens is 4. The predicted molar refractivity (Wildman–Crippen MR) is 320 cm³/mol. The van der Waals surface area contributed by atoms with Crippen molar-refractivity contribution in [2.24, 2.45) is 0 Å². The molecule has 11 aromatic carbocycles. The number of hydrogen-bond donors (Lipinski definition) is 0. The predicted octanol–water partition coefficient (Wildman–Crippen LogP) is 18.3. The second-order valence-electron chi connectivity index (χ2n) is 17.4. The van der Waals surface area contributed by atoms with Crippen molar-refractivity contribution in [2.45, 2.75) is 6.85 Å². The first-order valence-electron chi connectivity index (χ1n) is 39.4. The maximum Gasteiger partial charge on any atom is 0.269 e. The molecule has 0 N–H and O–H groups in total. The van der Waals surface area contributed by atoms with Crippen LogP contribution in [0.5, 0.6) is 11.5 Å². The lowest BCUT2D eigenvalue weighted by Gasteiger charge is -2.21. The van der Waals surface area contributed by atoms with E-state index in [9.17, 15) is 15.1 Å². The topological polar surface area (TPSA) is 35.9 Å². The molecular weight excluding hydrogens is 949 g/mol. The van der Waals surface area contributed by atoms with Crippen LogP contribution >= 0.6 is 0 Å². The van der Waals surface area contributed by atoms with Gasteiger partial charge in [-0.25, -0.2) is 4.98 Å². The molecule has 368 valence electrons. The molecule has 78 heavy (non-hydrogen) atoms. The maximum atomic E-state index is 10.4. The lowest BCUT2D eigenvalue weighted by molar-refractivity contribution is -0.571. The van der Waals surface area contributed by atoms with Crippen LogP contribution in [0.2, 0.25) is 0 Å². The number of para-hydroxylation sites is 3. The summed E-state index contributed by atoms with van der Waals surface area (Å²) in [4.78, 5) is 4.68. The van der Waals surface area contributed by atoms with Gasteiger partial charge in [0.05, 0.1) is 71.8 Å². The SMILES string of the molecule is [2H]c1c([2H])c([2H])c(-c2cc(-c3c([2H])c([2H])c([2H])c([2H])c3[2H])c(-[n+]3[c-]n(-c4cccc(Oc5ccc6c7ccccc7n(-c7cc(C([2H])([2H])[2H])c(-c8c([2H])c([2H])c([2H])c([2H])c8[2H])cn7)c6c5)c4)c4ccccc43)c(-c3c([2H])c(-c4c([2H])c([2H])c([2H])c([2H])c4[2H])c([2H])c(-c4c([2H])c([2H])c([2H])c([2H])c4[2H])c3[2H])c2)c([2H])c1[2H]. The normalized spacial score (nSPS) is 17.2. The van der Waals surface area contributed by atoms with Gasteiger partial charge in [-0.15, -0.1) is 0 Å². The molecular formula is C73H50N4O. The highest BCUT2D eigenvalue weighted by Crippen LogP contribution is 2.42. The Morgan fingerprint density at radius 3 is 1.64 bits per heavy atom. The van der Waals surface area contributed by atoms with Gasteiger partial charge in [0.2, 0.25) is 0 Å². The fourth-order valence-corrected chi connectivity index (χ4v) is 9.43. The van der Waals surface area contributed by atoms with Crippen molar-refractivity contribution >= 4 is 32.8 Å². The Hall–Kier alpha value is -10.4. The van der Waals surface area contributed by atoms with Crippen molar-refractivity contribution in [2.75, 3.05) is 0 Å². The first kappa shape index (κ1) is 24.1. The fraction of sp³-hybridized carbons (Fsp3) is 0.0137. The lowest BCUT2D eigenvalue weighted by Crippen LogP contribution is -2.31. The quantitative estimate of drug-likeness (QED) is 0.0956. The monoisotopic (exact) mass is 1030 g/mol. The zero-order valence-corrected chi connectivity index (χ0v) is 40.2. The third kappa shape index (κ3) is 8.50. The number of pyridine rings is 1. The average Bonchev–Trinajstić information content (AvgIpc) is 1.44. The molecule has 14 rings (SSSR count). The molecule has 0 bridgehead atoms. The van der Waals surface area contributed by atoms with Gasteiger partial charge >= 0.3 is 0 Å². The van der Waals surface area contributed by atoms with Gasteiger partial charge in [-0.1, -0.05) is 200 Å². The van der Waals surface area contributed by atoms with E-state index in [0.29, 0.717) is 21.8 Å². The summed E-state index contributed by atoms with van der Waals surface area (Å²) in [6.07, 6.45) is 4.45. The summed E-state index contributed by atoms with van der Waals surface area (Å²) >= 11 is 0. The van der Waals surface area contributed by atoms with Crippen LogP contribution in [0.3, 0.4) is 0 Å². The molecule has 0 atom stereocenters. The van der Waals surface area contributed by atoms with E-state index in [-0.39, 0.29) is 50.7 Å². The van der Waals surface area contributed by atoms with Crippen LogP contribution in [-0.4, -0.2) is 14.1 Å². The molecule has 3 heterocycles. The average molecular weight is 1030 g/mol. The van der Waals surface area contributed by atoms with Gasteiger partial charge in [0, 0.05) is 32.7 Å². The van der Waals surface area contributed by atoms with Crippen LogP contribution in [0.4, 0.5) is 0 Å². The summed E-state index contributed by atoms with van der Waals surface area (Å²) in [5, 5.41) is 1.37. The van der Waals surface area contributed by atoms with Gasteiger partial charge in [-0.2, -0.15) is 0 Å². The van der Waals surface area contributed by atoms with Crippen LogP contribution < -0.4 is 9.30 Å². The molecule has 0 amide bonds. The summed E-state index contributed by atoms with van der Waals surface area (Å²) in [5.41, 5.74) is -6.47. The number of ether oxygens (including phenoxy) is 1. The molecule has 5 heteroatoms. The molecule has 0 saturated heterocycles. The molecule has 0 aliphatic heterocycles. The van der Waals surface area contributed by atoms with Crippen LogP contribution in [0, 0.1) is 13.2 Å². The number of hydrogen-bond acceptors (Lipinski definition) is 2. The molecule has 0 aliphatic rings. The van der Waals surface area contributed by atoms with Crippen molar-refractivity contribution in [3.05, 3.63) is 296 Å². The molecule has 0 fully saturated rings. The molecule has 0 radical (unpaired) electrons. The lowest BCUT2D eigenvalue weighted by atomic mass is 9.88. The Labute approximate surface area is 497 Å². The fourth-order valence-electron chi connectivity index (χ4n) is 9.43. The maximum absolute atomic E-state index is 10.4. The molecule has 0 saturated carbocycles. The number of imidazole rings is 1. The summed E-state index contributed by atoms with van der Waals surface area (Å²) in [5.74, 6) is 0.457. The third-order valence-corrected chi connectivity index (χ3v) is 12.8. The minimum absolute atomic E-state index is 0.0766. The van der Waals surface area contributed by atoms with E-state index in [1.807, 2.05) is 6.07 Å². The van der Waals surface area contributed by atoms with Crippen LogP contribution in [0.1, 0.15) is 48.1 Å². The minimum Gasteiger partial charge on any atom is -0.458 e. The summed E-state index contributed by atoms with van der Waals surface area (Å²) in [6.45, 7) is -2.91. The zero-order valence-electron chi connectivity index (χ0n) is 71.2. The van der Waals surface area contributed by atoms with Crippen LogP contribution in [0.15, 0.2) is 285 Å². The first-order valence-corrected chi connectivity index (χ1v) is 23.9. The van der Waals surface area contributed by atoms with E-state index >= 15 is 0 Å². The number of rotatable bonds is 11. The van der Waals surface area contributed by atoms with Gasteiger partial charge < -0.3 is 4.74 Å². The zero-order chi connectivity index (χ0) is 78.8. The van der Waals surface area contributed by atoms with E-state index in [1.54, 1.807) is 89.5 Å². The second-order valence-corrected chi connectivity index (χ2v) is 17.4. The van der Waals surface area contributed by atoms with Gasteiger partial charge in [-0.3, -0.25) is 13.7 Å². The van der Waals surface area contributed by atoms with Crippen molar-refractivity contribution in [3.63, 3.8) is 0 Å². The van der Waals surface area contributed by atoms with Crippen LogP contribution in [0.25, 0.3) is 117 Å². The Kier molecular flexibility index (Phi) is 6.10. The van der Waals surface area contributed by atoms with Crippen LogP contribution in [-0.2, 0) is 0 Å². The third-order valence-electron chi connectivity index (χ3n) is 12.8. The second kappa shape index (κ2) is 19.7. The number of benzene rings is 11. The highest BCUT2D eigenvalue weighted by molar-refractivity contribution is 6.09. The Balaban J connectivity index is 1.05. The highest BCUT2D eigenvalue weighted by Gasteiger charge is 2.23. The van der Waals surface area contributed by atoms with E-state index < -0.39 is 237 Å². The van der Waals surface area contributed by atoms with Crippen molar-refractivity contribution in [1.29, 1.82) is 0 Å².